The molecule has 3 rings (SSSR count). The Kier molecular flexibility index (Phi) is 3.88. The molecule has 21 heavy (non-hydrogen) atoms. The average molecular weight is 281 g/mol. The highest BCUT2D eigenvalue weighted by Gasteiger charge is 2.10. The first-order valence-electron chi connectivity index (χ1n) is 7.05. The first-order chi connectivity index (χ1) is 10.2. The van der Waals surface area contributed by atoms with E-state index in [-0.39, 0.29) is 0 Å². The van der Waals surface area contributed by atoms with Crippen LogP contribution < -0.4 is 4.74 Å². The molecular weight excluding hydrogens is 262 g/mol. The molecule has 2 aromatic heterocycles. The van der Waals surface area contributed by atoms with Gasteiger partial charge in [-0.1, -0.05) is 6.07 Å². The Morgan fingerprint density at radius 3 is 2.86 bits per heavy atom. The molecule has 0 radical (unpaired) electrons. The van der Waals surface area contributed by atoms with Crippen molar-refractivity contribution < 1.29 is 4.74 Å². The third kappa shape index (κ3) is 3.06. The first-order valence-corrected chi connectivity index (χ1v) is 7.05. The van der Waals surface area contributed by atoms with Gasteiger partial charge in [0, 0.05) is 29.8 Å². The van der Waals surface area contributed by atoms with Crippen molar-refractivity contribution in [2.24, 2.45) is 0 Å². The van der Waals surface area contributed by atoms with Gasteiger partial charge < -0.3 is 14.6 Å². The fourth-order valence-corrected chi connectivity index (χ4v) is 2.38. The maximum Gasteiger partial charge on any atom is 0.145 e. The van der Waals surface area contributed by atoms with Crippen molar-refractivity contribution in [3.8, 4) is 11.5 Å². The Hall–Kier alpha value is -2.33. The monoisotopic (exact) mass is 281 g/mol. The predicted octanol–water partition coefficient (Wildman–Crippen LogP) is 3.46. The fraction of sp³-hybridized carbons (Fsp3) is 0.235. The highest BCUT2D eigenvalue weighted by molar-refractivity contribution is 5.89. The number of nitrogens with zero attached hydrogens (tertiary/aromatic N) is 2. The van der Waals surface area contributed by atoms with Gasteiger partial charge in [-0.25, -0.2) is 0 Å². The van der Waals surface area contributed by atoms with E-state index in [1.54, 1.807) is 12.4 Å². The van der Waals surface area contributed by atoms with Crippen LogP contribution in [0.2, 0.25) is 0 Å². The minimum absolute atomic E-state index is 0.754. The maximum absolute atomic E-state index is 6.00. The number of rotatable bonds is 5. The van der Waals surface area contributed by atoms with Gasteiger partial charge in [-0.2, -0.15) is 0 Å². The zero-order valence-corrected chi connectivity index (χ0v) is 12.3. The molecule has 2 heterocycles. The van der Waals surface area contributed by atoms with Crippen LogP contribution in [0, 0.1) is 0 Å². The molecule has 0 fully saturated rings. The summed E-state index contributed by atoms with van der Waals surface area (Å²) in [5.41, 5.74) is 2.38. The number of ether oxygens (including phenoxy) is 1. The number of aromatic nitrogens is 2. The van der Waals surface area contributed by atoms with Gasteiger partial charge in [0.2, 0.25) is 0 Å². The molecule has 1 N–H and O–H groups in total. The molecule has 0 aliphatic rings. The highest BCUT2D eigenvalue weighted by atomic mass is 16.5. The summed E-state index contributed by atoms with van der Waals surface area (Å²) < 4.78 is 6.00. The normalized spacial score (nSPS) is 11.2. The van der Waals surface area contributed by atoms with Crippen LogP contribution in [0.15, 0.2) is 48.9 Å². The van der Waals surface area contributed by atoms with Gasteiger partial charge in [0.25, 0.3) is 0 Å². The second kappa shape index (κ2) is 5.97. The van der Waals surface area contributed by atoms with E-state index < -0.39 is 0 Å². The number of H-pyrrole nitrogens is 1. The molecule has 0 saturated carbocycles. The number of hydrogen-bond acceptors (Lipinski definition) is 3. The SMILES string of the molecule is CN(C)CCc1c[nH]c2cccc(Oc3cccnc3)c12. The Bertz CT molecular complexity index is 719. The third-order valence-corrected chi connectivity index (χ3v) is 3.44. The fourth-order valence-electron chi connectivity index (χ4n) is 2.38. The van der Waals surface area contributed by atoms with Crippen molar-refractivity contribution in [3.05, 3.63) is 54.5 Å². The predicted molar refractivity (Wildman–Crippen MR) is 84.9 cm³/mol. The molecule has 0 bridgehead atoms. The second-order valence-corrected chi connectivity index (χ2v) is 5.34. The van der Waals surface area contributed by atoms with E-state index in [0.717, 1.165) is 35.4 Å². The molecule has 4 nitrogen and oxygen atoms in total. The van der Waals surface area contributed by atoms with Crippen LogP contribution in [-0.4, -0.2) is 35.5 Å². The topological polar surface area (TPSA) is 41.2 Å². The van der Waals surface area contributed by atoms with Crippen molar-refractivity contribution in [2.75, 3.05) is 20.6 Å². The Morgan fingerprint density at radius 2 is 2.10 bits per heavy atom. The summed E-state index contributed by atoms with van der Waals surface area (Å²) in [6.45, 7) is 1.01. The smallest absolute Gasteiger partial charge is 0.145 e. The number of likely N-dealkylation sites (N-methyl/N-ethyl adjacent to an activating group) is 1. The molecular formula is C17H19N3O. The number of nitrogens with one attached hydrogen (secondary N) is 1. The molecule has 108 valence electrons. The lowest BCUT2D eigenvalue weighted by Gasteiger charge is -2.10. The molecule has 0 spiro atoms. The molecule has 0 aliphatic carbocycles. The third-order valence-electron chi connectivity index (χ3n) is 3.44. The number of benzene rings is 1. The molecule has 1 aromatic carbocycles. The molecule has 0 unspecified atom stereocenters. The van der Waals surface area contributed by atoms with Crippen molar-refractivity contribution in [3.63, 3.8) is 0 Å². The van der Waals surface area contributed by atoms with Gasteiger partial charge in [-0.05, 0) is 50.3 Å². The lowest BCUT2D eigenvalue weighted by Crippen LogP contribution is -2.14. The number of aromatic amines is 1. The zero-order chi connectivity index (χ0) is 14.7. The Labute approximate surface area is 124 Å². The summed E-state index contributed by atoms with van der Waals surface area (Å²) in [6, 6.07) is 9.87. The maximum atomic E-state index is 6.00. The number of pyridine rings is 1. The van der Waals surface area contributed by atoms with Crippen LogP contribution in [-0.2, 0) is 6.42 Å². The van der Waals surface area contributed by atoms with Crippen LogP contribution in [0.4, 0.5) is 0 Å². The average Bonchev–Trinajstić information content (AvgIpc) is 2.90. The van der Waals surface area contributed by atoms with Crippen molar-refractivity contribution in [1.29, 1.82) is 0 Å². The van der Waals surface area contributed by atoms with E-state index in [4.69, 9.17) is 4.74 Å². The number of hydrogen-bond donors (Lipinski definition) is 1. The second-order valence-electron chi connectivity index (χ2n) is 5.34. The highest BCUT2D eigenvalue weighted by Crippen LogP contribution is 2.32. The lowest BCUT2D eigenvalue weighted by molar-refractivity contribution is 0.414. The van der Waals surface area contributed by atoms with E-state index in [2.05, 4.69) is 41.2 Å². The quantitative estimate of drug-likeness (QED) is 0.778. The first kappa shape index (κ1) is 13.6. The Balaban J connectivity index is 1.96. The van der Waals surface area contributed by atoms with Gasteiger partial charge in [0.15, 0.2) is 0 Å². The van der Waals surface area contributed by atoms with Crippen LogP contribution in [0.1, 0.15) is 5.56 Å². The van der Waals surface area contributed by atoms with E-state index >= 15 is 0 Å². The van der Waals surface area contributed by atoms with Gasteiger partial charge in [0.1, 0.15) is 11.5 Å². The molecule has 3 aromatic rings. The summed E-state index contributed by atoms with van der Waals surface area (Å²) in [4.78, 5) is 9.60. The summed E-state index contributed by atoms with van der Waals surface area (Å²) in [5, 5.41) is 1.16. The zero-order valence-electron chi connectivity index (χ0n) is 12.3. The summed E-state index contributed by atoms with van der Waals surface area (Å²) >= 11 is 0. The standard InChI is InChI=1S/C17H19N3O/c1-20(2)10-8-13-11-19-15-6-3-7-16(17(13)15)21-14-5-4-9-18-12-14/h3-7,9,11-12,19H,8,10H2,1-2H3. The van der Waals surface area contributed by atoms with Gasteiger partial charge in [-0.3, -0.25) is 4.98 Å². The van der Waals surface area contributed by atoms with E-state index in [1.165, 1.54) is 5.56 Å². The summed E-state index contributed by atoms with van der Waals surface area (Å²) in [6.07, 6.45) is 6.53. The lowest BCUT2D eigenvalue weighted by atomic mass is 10.1. The van der Waals surface area contributed by atoms with Crippen molar-refractivity contribution in [1.82, 2.24) is 14.9 Å². The minimum Gasteiger partial charge on any atom is -0.455 e. The summed E-state index contributed by atoms with van der Waals surface area (Å²) in [5.74, 6) is 1.63. The van der Waals surface area contributed by atoms with Gasteiger partial charge in [0.05, 0.1) is 6.20 Å². The van der Waals surface area contributed by atoms with E-state index in [0.29, 0.717) is 0 Å². The van der Waals surface area contributed by atoms with Gasteiger partial charge >= 0.3 is 0 Å². The molecule has 0 saturated heterocycles. The minimum atomic E-state index is 0.754. The van der Waals surface area contributed by atoms with Crippen LogP contribution >= 0.6 is 0 Å². The molecule has 0 amide bonds. The van der Waals surface area contributed by atoms with Crippen LogP contribution in [0.3, 0.4) is 0 Å². The van der Waals surface area contributed by atoms with Crippen molar-refractivity contribution >= 4 is 10.9 Å². The largest absolute Gasteiger partial charge is 0.455 e. The van der Waals surface area contributed by atoms with Crippen LogP contribution in [0.25, 0.3) is 10.9 Å². The van der Waals surface area contributed by atoms with E-state index in [1.807, 2.05) is 24.3 Å². The van der Waals surface area contributed by atoms with E-state index in [9.17, 15) is 0 Å². The molecule has 0 atom stereocenters. The van der Waals surface area contributed by atoms with Gasteiger partial charge in [-0.15, -0.1) is 0 Å². The Morgan fingerprint density at radius 1 is 1.19 bits per heavy atom. The van der Waals surface area contributed by atoms with Crippen molar-refractivity contribution in [2.45, 2.75) is 6.42 Å². The van der Waals surface area contributed by atoms with Crippen LogP contribution in [0.5, 0.6) is 11.5 Å². The number of fused-ring (bicyclic) bond motifs is 1. The summed E-state index contributed by atoms with van der Waals surface area (Å²) in [7, 11) is 4.17. The molecule has 4 heteroatoms. The molecule has 0 aliphatic heterocycles.